The standard InChI is InChI=1S/C21H24FNO3S/c1-15(2)20(23-19(24)14-16-8-4-3-5-9-16)21(25)26-12-13-27-18-11-7-6-10-17(18)22/h3-11,15,20H,12-14H2,1-2H3,(H,23,24)/t20-/m0/s1. The number of esters is 1. The average molecular weight is 389 g/mol. The second-order valence-electron chi connectivity index (χ2n) is 6.40. The van der Waals surface area contributed by atoms with Crippen LogP contribution in [0.2, 0.25) is 0 Å². The monoisotopic (exact) mass is 389 g/mol. The van der Waals surface area contributed by atoms with E-state index in [1.165, 1.54) is 17.8 Å². The Hall–Kier alpha value is -2.34. The van der Waals surface area contributed by atoms with E-state index in [4.69, 9.17) is 4.74 Å². The number of carbonyl (C=O) groups is 2. The van der Waals surface area contributed by atoms with E-state index in [2.05, 4.69) is 5.32 Å². The van der Waals surface area contributed by atoms with Gasteiger partial charge in [0.2, 0.25) is 5.91 Å². The maximum absolute atomic E-state index is 13.6. The topological polar surface area (TPSA) is 55.4 Å². The van der Waals surface area contributed by atoms with E-state index in [0.29, 0.717) is 10.6 Å². The molecule has 144 valence electrons. The van der Waals surface area contributed by atoms with Gasteiger partial charge in [-0.3, -0.25) is 4.79 Å². The van der Waals surface area contributed by atoms with Gasteiger partial charge in [-0.2, -0.15) is 0 Å². The van der Waals surface area contributed by atoms with E-state index >= 15 is 0 Å². The SMILES string of the molecule is CC(C)[C@H](NC(=O)Cc1ccccc1)C(=O)OCCSc1ccccc1F. The zero-order chi connectivity index (χ0) is 19.6. The first-order valence-electron chi connectivity index (χ1n) is 8.84. The molecule has 2 rings (SSSR count). The van der Waals surface area contributed by atoms with Crippen LogP contribution >= 0.6 is 11.8 Å². The van der Waals surface area contributed by atoms with E-state index in [9.17, 15) is 14.0 Å². The fourth-order valence-corrected chi connectivity index (χ4v) is 3.22. The highest BCUT2D eigenvalue weighted by Crippen LogP contribution is 2.20. The molecule has 1 amide bonds. The fourth-order valence-electron chi connectivity index (χ4n) is 2.45. The smallest absolute Gasteiger partial charge is 0.328 e. The van der Waals surface area contributed by atoms with Gasteiger partial charge in [0.25, 0.3) is 0 Å². The van der Waals surface area contributed by atoms with Crippen molar-refractivity contribution in [2.75, 3.05) is 12.4 Å². The van der Waals surface area contributed by atoms with Gasteiger partial charge in [0.05, 0.1) is 6.42 Å². The Morgan fingerprint density at radius 3 is 2.41 bits per heavy atom. The van der Waals surface area contributed by atoms with Crippen molar-refractivity contribution >= 4 is 23.6 Å². The van der Waals surface area contributed by atoms with Gasteiger partial charge < -0.3 is 10.1 Å². The van der Waals surface area contributed by atoms with Crippen LogP contribution in [-0.2, 0) is 20.7 Å². The summed E-state index contributed by atoms with van der Waals surface area (Å²) in [6, 6.07) is 15.1. The summed E-state index contributed by atoms with van der Waals surface area (Å²) in [4.78, 5) is 25.1. The fraction of sp³-hybridized carbons (Fsp3) is 0.333. The summed E-state index contributed by atoms with van der Waals surface area (Å²) in [5.41, 5.74) is 0.882. The molecule has 6 heteroatoms. The molecule has 0 fully saturated rings. The number of benzene rings is 2. The highest BCUT2D eigenvalue weighted by molar-refractivity contribution is 7.99. The molecule has 4 nitrogen and oxygen atoms in total. The molecule has 2 aromatic rings. The number of nitrogens with one attached hydrogen (secondary N) is 1. The minimum atomic E-state index is -0.709. The lowest BCUT2D eigenvalue weighted by Crippen LogP contribution is -2.46. The van der Waals surface area contributed by atoms with Gasteiger partial charge in [-0.25, -0.2) is 9.18 Å². The number of halogens is 1. The van der Waals surface area contributed by atoms with E-state index in [1.807, 2.05) is 44.2 Å². The third-order valence-corrected chi connectivity index (χ3v) is 4.88. The molecular weight excluding hydrogens is 365 g/mol. The van der Waals surface area contributed by atoms with Crippen LogP contribution in [0.25, 0.3) is 0 Å². The van der Waals surface area contributed by atoms with Crippen LogP contribution in [0, 0.1) is 11.7 Å². The molecule has 0 aliphatic carbocycles. The summed E-state index contributed by atoms with van der Waals surface area (Å²) in [7, 11) is 0. The largest absolute Gasteiger partial charge is 0.463 e. The van der Waals surface area contributed by atoms with E-state index in [-0.39, 0.29) is 30.7 Å². The van der Waals surface area contributed by atoms with Crippen LogP contribution < -0.4 is 5.32 Å². The number of ether oxygens (including phenoxy) is 1. The van der Waals surface area contributed by atoms with E-state index in [1.54, 1.807) is 18.2 Å². The number of carbonyl (C=O) groups excluding carboxylic acids is 2. The Kier molecular flexibility index (Phi) is 8.33. The van der Waals surface area contributed by atoms with Gasteiger partial charge in [-0.15, -0.1) is 11.8 Å². The summed E-state index contributed by atoms with van der Waals surface area (Å²) in [5, 5.41) is 2.75. The van der Waals surface area contributed by atoms with Crippen molar-refractivity contribution in [2.24, 2.45) is 5.92 Å². The predicted molar refractivity (Wildman–Crippen MR) is 105 cm³/mol. The number of hydrogen-bond donors (Lipinski definition) is 1. The average Bonchev–Trinajstić information content (AvgIpc) is 2.65. The Balaban J connectivity index is 1.80. The summed E-state index contributed by atoms with van der Waals surface area (Å²) < 4.78 is 18.8. The number of thioether (sulfide) groups is 1. The van der Waals surface area contributed by atoms with Crippen molar-refractivity contribution in [3.63, 3.8) is 0 Å². The Morgan fingerprint density at radius 1 is 1.07 bits per heavy atom. The highest BCUT2D eigenvalue weighted by atomic mass is 32.2. The third kappa shape index (κ3) is 7.06. The molecule has 0 radical (unpaired) electrons. The summed E-state index contributed by atoms with van der Waals surface area (Å²) in [6.07, 6.45) is 0.209. The molecule has 0 heterocycles. The van der Waals surface area contributed by atoms with Crippen molar-refractivity contribution < 1.29 is 18.7 Å². The molecule has 0 aliphatic heterocycles. The zero-order valence-corrected chi connectivity index (χ0v) is 16.3. The Bertz CT molecular complexity index is 752. The summed E-state index contributed by atoms with van der Waals surface area (Å²) in [5.74, 6) is -0.647. The van der Waals surface area contributed by atoms with Crippen molar-refractivity contribution in [1.29, 1.82) is 0 Å². The summed E-state index contributed by atoms with van der Waals surface area (Å²) >= 11 is 1.29. The Labute approximate surface area is 163 Å². The van der Waals surface area contributed by atoms with Gasteiger partial charge in [0, 0.05) is 10.6 Å². The maximum Gasteiger partial charge on any atom is 0.328 e. The molecule has 2 aromatic carbocycles. The molecule has 0 unspecified atom stereocenters. The normalized spacial score (nSPS) is 11.9. The molecular formula is C21H24FNO3S. The lowest BCUT2D eigenvalue weighted by Gasteiger charge is -2.21. The molecule has 0 saturated carbocycles. The molecule has 0 aliphatic rings. The number of amides is 1. The van der Waals surface area contributed by atoms with Crippen LogP contribution in [0.1, 0.15) is 19.4 Å². The lowest BCUT2D eigenvalue weighted by molar-refractivity contribution is -0.148. The van der Waals surface area contributed by atoms with Crippen LogP contribution in [-0.4, -0.2) is 30.3 Å². The highest BCUT2D eigenvalue weighted by Gasteiger charge is 2.25. The lowest BCUT2D eigenvalue weighted by atomic mass is 10.0. The second kappa shape index (κ2) is 10.7. The minimum Gasteiger partial charge on any atom is -0.463 e. The van der Waals surface area contributed by atoms with Crippen LogP contribution in [0.4, 0.5) is 4.39 Å². The molecule has 0 saturated heterocycles. The van der Waals surface area contributed by atoms with Crippen molar-refractivity contribution in [2.45, 2.75) is 31.2 Å². The molecule has 1 N–H and O–H groups in total. The number of hydrogen-bond acceptors (Lipinski definition) is 4. The van der Waals surface area contributed by atoms with Crippen molar-refractivity contribution in [3.05, 3.63) is 66.0 Å². The molecule has 1 atom stereocenters. The van der Waals surface area contributed by atoms with Gasteiger partial charge in [0.1, 0.15) is 18.5 Å². The predicted octanol–water partition coefficient (Wildman–Crippen LogP) is 3.84. The quantitative estimate of drug-likeness (QED) is 0.402. The van der Waals surface area contributed by atoms with Crippen molar-refractivity contribution in [3.8, 4) is 0 Å². The maximum atomic E-state index is 13.6. The molecule has 0 bridgehead atoms. The van der Waals surface area contributed by atoms with E-state index in [0.717, 1.165) is 5.56 Å². The van der Waals surface area contributed by atoms with Crippen LogP contribution in [0.3, 0.4) is 0 Å². The Morgan fingerprint density at radius 2 is 1.74 bits per heavy atom. The van der Waals surface area contributed by atoms with Gasteiger partial charge in [0.15, 0.2) is 0 Å². The van der Waals surface area contributed by atoms with Gasteiger partial charge in [-0.1, -0.05) is 56.3 Å². The second-order valence-corrected chi connectivity index (χ2v) is 7.53. The first-order chi connectivity index (χ1) is 13.0. The zero-order valence-electron chi connectivity index (χ0n) is 15.5. The minimum absolute atomic E-state index is 0.101. The van der Waals surface area contributed by atoms with Crippen molar-refractivity contribution in [1.82, 2.24) is 5.32 Å². The molecule has 0 spiro atoms. The first-order valence-corrected chi connectivity index (χ1v) is 9.83. The third-order valence-electron chi connectivity index (χ3n) is 3.87. The molecule has 0 aromatic heterocycles. The number of rotatable bonds is 9. The summed E-state index contributed by atoms with van der Waals surface area (Å²) in [6.45, 7) is 3.85. The van der Waals surface area contributed by atoms with Crippen LogP contribution in [0.15, 0.2) is 59.5 Å². The first kappa shape index (κ1) is 21.0. The van der Waals surface area contributed by atoms with Crippen LogP contribution in [0.5, 0.6) is 0 Å². The van der Waals surface area contributed by atoms with Gasteiger partial charge in [-0.05, 0) is 23.6 Å². The molecule has 27 heavy (non-hydrogen) atoms. The van der Waals surface area contributed by atoms with Gasteiger partial charge >= 0.3 is 5.97 Å². The van der Waals surface area contributed by atoms with E-state index < -0.39 is 12.0 Å².